The molecule has 1 aromatic rings. The highest BCUT2D eigenvalue weighted by Crippen LogP contribution is 2.16. The molecule has 7 heteroatoms. The summed E-state index contributed by atoms with van der Waals surface area (Å²) in [6.45, 7) is 7.44. The van der Waals surface area contributed by atoms with Crippen LogP contribution in [-0.2, 0) is 16.6 Å². The fourth-order valence-corrected chi connectivity index (χ4v) is 3.26. The number of hydrogen-bond acceptors (Lipinski definition) is 5. The number of rotatable bonds is 3. The smallest absolute Gasteiger partial charge is 0.211 e. The summed E-state index contributed by atoms with van der Waals surface area (Å²) in [4.78, 5) is 2.26. The first-order valence-electron chi connectivity index (χ1n) is 6.47. The summed E-state index contributed by atoms with van der Waals surface area (Å²) in [7, 11) is -3.08. The second-order valence-corrected chi connectivity index (χ2v) is 7.08. The molecule has 1 fully saturated rings. The molecule has 1 aromatic heterocycles. The van der Waals surface area contributed by atoms with Crippen molar-refractivity contribution in [3.63, 3.8) is 0 Å². The minimum Gasteiger partial charge on any atom is -0.361 e. The molecule has 0 atom stereocenters. The largest absolute Gasteiger partial charge is 0.361 e. The molecule has 0 unspecified atom stereocenters. The highest BCUT2D eigenvalue weighted by molar-refractivity contribution is 7.88. The van der Waals surface area contributed by atoms with E-state index in [-0.39, 0.29) is 0 Å². The van der Waals surface area contributed by atoms with Crippen LogP contribution in [0.1, 0.15) is 23.4 Å². The molecule has 2 rings (SSSR count). The third-order valence-corrected chi connectivity index (χ3v) is 4.88. The van der Waals surface area contributed by atoms with Crippen LogP contribution in [-0.4, -0.2) is 55.2 Å². The predicted molar refractivity (Wildman–Crippen MR) is 72.3 cm³/mol. The quantitative estimate of drug-likeness (QED) is 0.821. The number of aryl methyl sites for hydroxylation is 2. The summed E-state index contributed by atoms with van der Waals surface area (Å²) < 4.78 is 29.8. The van der Waals surface area contributed by atoms with Gasteiger partial charge in [-0.2, -0.15) is 0 Å². The van der Waals surface area contributed by atoms with Crippen LogP contribution in [0.25, 0.3) is 0 Å². The predicted octanol–water partition coefficient (Wildman–Crippen LogP) is 0.759. The zero-order valence-electron chi connectivity index (χ0n) is 11.7. The Balaban J connectivity index is 2.01. The van der Waals surface area contributed by atoms with E-state index in [9.17, 15) is 8.42 Å². The molecule has 0 amide bonds. The van der Waals surface area contributed by atoms with E-state index >= 15 is 0 Å². The van der Waals surface area contributed by atoms with Gasteiger partial charge in [-0.05, 0) is 26.8 Å². The molecule has 1 aliphatic heterocycles. The average Bonchev–Trinajstić information content (AvgIpc) is 2.57. The molecule has 0 saturated carbocycles. The van der Waals surface area contributed by atoms with E-state index in [2.05, 4.69) is 10.1 Å². The minimum atomic E-state index is -3.08. The molecule has 19 heavy (non-hydrogen) atoms. The van der Waals surface area contributed by atoms with Crippen LogP contribution in [0.15, 0.2) is 4.52 Å². The van der Waals surface area contributed by atoms with Crippen LogP contribution in [0.5, 0.6) is 0 Å². The third-order valence-electron chi connectivity index (χ3n) is 3.58. The highest BCUT2D eigenvalue weighted by Gasteiger charge is 2.22. The summed E-state index contributed by atoms with van der Waals surface area (Å²) in [5.41, 5.74) is 2.04. The van der Waals surface area contributed by atoms with Crippen molar-refractivity contribution >= 4 is 10.0 Å². The van der Waals surface area contributed by atoms with Crippen molar-refractivity contribution in [1.82, 2.24) is 14.4 Å². The van der Waals surface area contributed by atoms with E-state index in [1.165, 1.54) is 6.26 Å². The molecule has 0 aromatic carbocycles. The molecular formula is C12H21N3O3S. The van der Waals surface area contributed by atoms with E-state index in [4.69, 9.17) is 4.52 Å². The average molecular weight is 287 g/mol. The Hall–Kier alpha value is -0.920. The van der Waals surface area contributed by atoms with Crippen LogP contribution in [0.4, 0.5) is 0 Å². The molecule has 1 aliphatic rings. The maximum Gasteiger partial charge on any atom is 0.211 e. The second kappa shape index (κ2) is 5.60. The first-order chi connectivity index (χ1) is 8.88. The lowest BCUT2D eigenvalue weighted by atomic mass is 10.2. The van der Waals surface area contributed by atoms with Crippen LogP contribution in [0.3, 0.4) is 0 Å². The summed E-state index contributed by atoms with van der Waals surface area (Å²) in [5, 5.41) is 3.95. The molecule has 0 bridgehead atoms. The fourth-order valence-electron chi connectivity index (χ4n) is 2.39. The van der Waals surface area contributed by atoms with E-state index in [1.807, 2.05) is 13.8 Å². The van der Waals surface area contributed by atoms with E-state index in [0.717, 1.165) is 43.1 Å². The second-order valence-electron chi connectivity index (χ2n) is 5.09. The Morgan fingerprint density at radius 1 is 1.21 bits per heavy atom. The van der Waals surface area contributed by atoms with Crippen LogP contribution in [0, 0.1) is 13.8 Å². The van der Waals surface area contributed by atoms with Crippen molar-refractivity contribution in [2.45, 2.75) is 26.8 Å². The van der Waals surface area contributed by atoms with Gasteiger partial charge in [-0.1, -0.05) is 5.16 Å². The van der Waals surface area contributed by atoms with Gasteiger partial charge < -0.3 is 4.52 Å². The molecule has 6 nitrogen and oxygen atoms in total. The van der Waals surface area contributed by atoms with Gasteiger partial charge in [0.25, 0.3) is 0 Å². The van der Waals surface area contributed by atoms with Gasteiger partial charge in [0.2, 0.25) is 10.0 Å². The van der Waals surface area contributed by atoms with Gasteiger partial charge in [-0.25, -0.2) is 12.7 Å². The Bertz CT molecular complexity index is 519. The molecule has 2 heterocycles. The van der Waals surface area contributed by atoms with Gasteiger partial charge >= 0.3 is 0 Å². The third kappa shape index (κ3) is 3.55. The highest BCUT2D eigenvalue weighted by atomic mass is 32.2. The summed E-state index contributed by atoms with van der Waals surface area (Å²) >= 11 is 0. The van der Waals surface area contributed by atoms with E-state index < -0.39 is 10.0 Å². The molecule has 0 aliphatic carbocycles. The monoisotopic (exact) mass is 287 g/mol. The lowest BCUT2D eigenvalue weighted by Crippen LogP contribution is -2.34. The van der Waals surface area contributed by atoms with Crippen molar-refractivity contribution in [3.05, 3.63) is 17.0 Å². The lowest BCUT2D eigenvalue weighted by molar-refractivity contribution is 0.276. The SMILES string of the molecule is Cc1noc(C)c1CN1CCCN(S(C)(=O)=O)CC1. The maximum atomic E-state index is 11.6. The Labute approximate surface area is 114 Å². The van der Waals surface area contributed by atoms with Crippen molar-refractivity contribution in [2.24, 2.45) is 0 Å². The zero-order chi connectivity index (χ0) is 14.0. The van der Waals surface area contributed by atoms with Crippen molar-refractivity contribution in [1.29, 1.82) is 0 Å². The number of sulfonamides is 1. The van der Waals surface area contributed by atoms with Gasteiger partial charge in [0.1, 0.15) is 5.76 Å². The Morgan fingerprint density at radius 2 is 1.95 bits per heavy atom. The van der Waals surface area contributed by atoms with E-state index in [0.29, 0.717) is 13.1 Å². The maximum absolute atomic E-state index is 11.6. The molecule has 0 radical (unpaired) electrons. The summed E-state index contributed by atoms with van der Waals surface area (Å²) in [6, 6.07) is 0. The molecule has 0 spiro atoms. The van der Waals surface area contributed by atoms with Gasteiger partial charge in [-0.3, -0.25) is 4.90 Å². The van der Waals surface area contributed by atoms with Crippen molar-refractivity contribution in [2.75, 3.05) is 32.4 Å². The molecule has 1 saturated heterocycles. The topological polar surface area (TPSA) is 66.7 Å². The summed E-state index contributed by atoms with van der Waals surface area (Å²) in [5.74, 6) is 0.849. The van der Waals surface area contributed by atoms with Gasteiger partial charge in [0, 0.05) is 31.7 Å². The van der Waals surface area contributed by atoms with Crippen molar-refractivity contribution in [3.8, 4) is 0 Å². The summed E-state index contributed by atoms with van der Waals surface area (Å²) in [6.07, 6.45) is 2.13. The number of nitrogens with zero attached hydrogens (tertiary/aromatic N) is 3. The normalized spacial score (nSPS) is 19.5. The standard InChI is InChI=1S/C12H21N3O3S/c1-10-12(11(2)18-13-10)9-14-5-4-6-15(8-7-14)19(3,16)17/h4-9H2,1-3H3. The minimum absolute atomic E-state index is 0.558. The number of aromatic nitrogens is 1. The van der Waals surface area contributed by atoms with Gasteiger partial charge in [0.15, 0.2) is 0 Å². The molecule has 0 N–H and O–H groups in total. The van der Waals surface area contributed by atoms with Crippen LogP contribution < -0.4 is 0 Å². The Morgan fingerprint density at radius 3 is 2.53 bits per heavy atom. The Kier molecular flexibility index (Phi) is 4.27. The van der Waals surface area contributed by atoms with Crippen LogP contribution >= 0.6 is 0 Å². The molecular weight excluding hydrogens is 266 g/mol. The molecule has 108 valence electrons. The fraction of sp³-hybridized carbons (Fsp3) is 0.750. The van der Waals surface area contributed by atoms with Gasteiger partial charge in [0.05, 0.1) is 11.9 Å². The first kappa shape index (κ1) is 14.5. The van der Waals surface area contributed by atoms with Gasteiger partial charge in [-0.15, -0.1) is 0 Å². The first-order valence-corrected chi connectivity index (χ1v) is 8.32. The number of hydrogen-bond donors (Lipinski definition) is 0. The zero-order valence-corrected chi connectivity index (χ0v) is 12.5. The van der Waals surface area contributed by atoms with Crippen LogP contribution in [0.2, 0.25) is 0 Å². The van der Waals surface area contributed by atoms with Crippen molar-refractivity contribution < 1.29 is 12.9 Å². The lowest BCUT2D eigenvalue weighted by Gasteiger charge is -2.20. The van der Waals surface area contributed by atoms with E-state index in [1.54, 1.807) is 4.31 Å².